The molecule has 3 rings (SSSR count). The number of nitrogens with zero attached hydrogens (tertiary/aromatic N) is 3. The predicted octanol–water partition coefficient (Wildman–Crippen LogP) is 1.22. The molecule has 7 heteroatoms. The molecule has 26 heavy (non-hydrogen) atoms. The molecule has 0 radical (unpaired) electrons. The number of amides is 2. The number of hydrogen-bond acceptors (Lipinski definition) is 5. The quantitative estimate of drug-likeness (QED) is 0.789. The predicted molar refractivity (Wildman–Crippen MR) is 98.7 cm³/mol. The second kappa shape index (κ2) is 7.95. The van der Waals surface area contributed by atoms with Crippen LogP contribution in [0.1, 0.15) is 13.3 Å². The maximum atomic E-state index is 12.9. The summed E-state index contributed by atoms with van der Waals surface area (Å²) in [5.41, 5.74) is 0.656. The van der Waals surface area contributed by atoms with Gasteiger partial charge in [-0.2, -0.15) is 0 Å². The Balaban J connectivity index is 1.72. The third-order valence-electron chi connectivity index (χ3n) is 5.28. The minimum atomic E-state index is -0.299. The highest BCUT2D eigenvalue weighted by molar-refractivity contribution is 6.01. The number of rotatable bonds is 5. The molecule has 2 aliphatic heterocycles. The van der Waals surface area contributed by atoms with Gasteiger partial charge in [0, 0.05) is 45.2 Å². The van der Waals surface area contributed by atoms with E-state index in [-0.39, 0.29) is 24.2 Å². The fraction of sp³-hybridized carbons (Fsp3) is 0.579. The number of anilines is 1. The summed E-state index contributed by atoms with van der Waals surface area (Å²) in [5, 5.41) is 0. The van der Waals surface area contributed by atoms with E-state index in [1.807, 2.05) is 4.90 Å². The molecule has 2 amide bonds. The molecular weight excluding hydrogens is 334 g/mol. The van der Waals surface area contributed by atoms with E-state index in [1.165, 1.54) is 0 Å². The Hall–Kier alpha value is -2.28. The van der Waals surface area contributed by atoms with Gasteiger partial charge in [0.25, 0.3) is 0 Å². The van der Waals surface area contributed by atoms with Crippen molar-refractivity contribution in [1.82, 2.24) is 9.80 Å². The number of methoxy groups -OCH3 is 2. The highest BCUT2D eigenvalue weighted by Gasteiger charge is 2.38. The average molecular weight is 361 g/mol. The zero-order valence-electron chi connectivity index (χ0n) is 15.7. The number of hydrogen-bond donors (Lipinski definition) is 0. The molecule has 2 fully saturated rings. The number of likely N-dealkylation sites (N-methyl/N-ethyl adjacent to an activating group) is 1. The second-order valence-corrected chi connectivity index (χ2v) is 6.70. The van der Waals surface area contributed by atoms with Crippen molar-refractivity contribution in [2.24, 2.45) is 5.92 Å². The first kappa shape index (κ1) is 18.5. The van der Waals surface area contributed by atoms with Crippen LogP contribution in [0.25, 0.3) is 0 Å². The van der Waals surface area contributed by atoms with Gasteiger partial charge in [-0.1, -0.05) is 6.92 Å². The zero-order valence-corrected chi connectivity index (χ0v) is 15.7. The van der Waals surface area contributed by atoms with Gasteiger partial charge in [0.05, 0.1) is 25.8 Å². The minimum absolute atomic E-state index is 0.0536. The molecule has 1 atom stereocenters. The number of benzene rings is 1. The first-order valence-electron chi connectivity index (χ1n) is 9.11. The number of piperazine rings is 1. The fourth-order valence-electron chi connectivity index (χ4n) is 3.66. The molecule has 1 aromatic rings. The summed E-state index contributed by atoms with van der Waals surface area (Å²) >= 11 is 0. The van der Waals surface area contributed by atoms with E-state index in [0.29, 0.717) is 23.7 Å². The Labute approximate surface area is 154 Å². The van der Waals surface area contributed by atoms with Gasteiger partial charge in [-0.25, -0.2) is 0 Å². The van der Waals surface area contributed by atoms with E-state index in [0.717, 1.165) is 32.7 Å². The van der Waals surface area contributed by atoms with Gasteiger partial charge in [0.2, 0.25) is 11.8 Å². The lowest BCUT2D eigenvalue weighted by Gasteiger charge is -2.35. The molecule has 2 saturated heterocycles. The largest absolute Gasteiger partial charge is 0.497 e. The highest BCUT2D eigenvalue weighted by Crippen LogP contribution is 2.36. The first-order chi connectivity index (χ1) is 12.6. The van der Waals surface area contributed by atoms with Crippen molar-refractivity contribution in [3.63, 3.8) is 0 Å². The summed E-state index contributed by atoms with van der Waals surface area (Å²) in [7, 11) is 3.15. The van der Waals surface area contributed by atoms with Crippen LogP contribution in [0.15, 0.2) is 18.2 Å². The molecule has 1 aromatic carbocycles. The summed E-state index contributed by atoms with van der Waals surface area (Å²) in [6.45, 7) is 6.79. The van der Waals surface area contributed by atoms with Gasteiger partial charge in [0.15, 0.2) is 0 Å². The van der Waals surface area contributed by atoms with E-state index in [2.05, 4.69) is 11.8 Å². The van der Waals surface area contributed by atoms with E-state index >= 15 is 0 Å². The lowest BCUT2D eigenvalue weighted by Crippen LogP contribution is -2.50. The summed E-state index contributed by atoms with van der Waals surface area (Å²) in [6, 6.07) is 5.35. The van der Waals surface area contributed by atoms with Crippen LogP contribution in [0, 0.1) is 5.92 Å². The van der Waals surface area contributed by atoms with E-state index < -0.39 is 0 Å². The Morgan fingerprint density at radius 2 is 1.88 bits per heavy atom. The van der Waals surface area contributed by atoms with Gasteiger partial charge in [-0.15, -0.1) is 0 Å². The summed E-state index contributed by atoms with van der Waals surface area (Å²) < 4.78 is 10.7. The number of ether oxygens (including phenoxy) is 2. The Kier molecular flexibility index (Phi) is 5.66. The molecule has 0 saturated carbocycles. The molecule has 2 heterocycles. The van der Waals surface area contributed by atoms with Crippen LogP contribution < -0.4 is 14.4 Å². The lowest BCUT2D eigenvalue weighted by atomic mass is 10.1. The smallest absolute Gasteiger partial charge is 0.228 e. The molecule has 0 aliphatic carbocycles. The van der Waals surface area contributed by atoms with Gasteiger partial charge in [0.1, 0.15) is 11.5 Å². The average Bonchev–Trinajstić information content (AvgIpc) is 3.08. The van der Waals surface area contributed by atoms with Gasteiger partial charge >= 0.3 is 0 Å². The van der Waals surface area contributed by atoms with Crippen LogP contribution in [0.4, 0.5) is 5.69 Å². The van der Waals surface area contributed by atoms with Crippen molar-refractivity contribution in [2.75, 3.05) is 58.4 Å². The number of carbonyl (C=O) groups is 2. The van der Waals surface area contributed by atoms with Crippen LogP contribution >= 0.6 is 0 Å². The third kappa shape index (κ3) is 3.62. The van der Waals surface area contributed by atoms with Gasteiger partial charge < -0.3 is 24.2 Å². The monoisotopic (exact) mass is 361 g/mol. The molecular formula is C19H27N3O4. The molecule has 0 aromatic heterocycles. The fourth-order valence-corrected chi connectivity index (χ4v) is 3.66. The van der Waals surface area contributed by atoms with Crippen molar-refractivity contribution in [3.05, 3.63) is 18.2 Å². The minimum Gasteiger partial charge on any atom is -0.497 e. The Morgan fingerprint density at radius 3 is 2.50 bits per heavy atom. The summed E-state index contributed by atoms with van der Waals surface area (Å²) in [4.78, 5) is 31.3. The second-order valence-electron chi connectivity index (χ2n) is 6.70. The third-order valence-corrected chi connectivity index (χ3v) is 5.28. The van der Waals surface area contributed by atoms with Crippen LogP contribution in [0.3, 0.4) is 0 Å². The SMILES string of the molecule is CCN1CCN(C(=O)C2CC(=O)N(c3cc(OC)ccc3OC)C2)CC1. The van der Waals surface area contributed by atoms with E-state index in [1.54, 1.807) is 37.3 Å². The van der Waals surface area contributed by atoms with Crippen molar-refractivity contribution >= 4 is 17.5 Å². The highest BCUT2D eigenvalue weighted by atomic mass is 16.5. The maximum absolute atomic E-state index is 12.9. The molecule has 7 nitrogen and oxygen atoms in total. The molecule has 142 valence electrons. The normalized spacial score (nSPS) is 21.2. The Morgan fingerprint density at radius 1 is 1.15 bits per heavy atom. The topological polar surface area (TPSA) is 62.3 Å². The van der Waals surface area contributed by atoms with Crippen molar-refractivity contribution in [2.45, 2.75) is 13.3 Å². The first-order valence-corrected chi connectivity index (χ1v) is 9.11. The molecule has 0 N–H and O–H groups in total. The zero-order chi connectivity index (χ0) is 18.7. The molecule has 2 aliphatic rings. The lowest BCUT2D eigenvalue weighted by molar-refractivity contribution is -0.137. The van der Waals surface area contributed by atoms with Crippen molar-refractivity contribution in [1.29, 1.82) is 0 Å². The molecule has 0 bridgehead atoms. The number of carbonyl (C=O) groups excluding carboxylic acids is 2. The van der Waals surface area contributed by atoms with Crippen molar-refractivity contribution < 1.29 is 19.1 Å². The van der Waals surface area contributed by atoms with Gasteiger partial charge in [-0.05, 0) is 18.7 Å². The van der Waals surface area contributed by atoms with Crippen LogP contribution in [-0.4, -0.2) is 75.1 Å². The van der Waals surface area contributed by atoms with Crippen LogP contribution in [0.5, 0.6) is 11.5 Å². The van der Waals surface area contributed by atoms with Crippen molar-refractivity contribution in [3.8, 4) is 11.5 Å². The van der Waals surface area contributed by atoms with Crippen LogP contribution in [0.2, 0.25) is 0 Å². The maximum Gasteiger partial charge on any atom is 0.228 e. The van der Waals surface area contributed by atoms with Gasteiger partial charge in [-0.3, -0.25) is 9.59 Å². The standard InChI is InChI=1S/C19H27N3O4/c1-4-20-7-9-21(10-8-20)19(24)14-11-18(23)22(13-14)16-12-15(25-2)5-6-17(16)26-3/h5-6,12,14H,4,7-11,13H2,1-3H3. The molecule has 0 spiro atoms. The van der Waals surface area contributed by atoms with E-state index in [4.69, 9.17) is 9.47 Å². The molecule has 1 unspecified atom stereocenters. The van der Waals surface area contributed by atoms with Crippen LogP contribution in [-0.2, 0) is 9.59 Å². The summed E-state index contributed by atoms with van der Waals surface area (Å²) in [5.74, 6) is 0.982. The van der Waals surface area contributed by atoms with E-state index in [9.17, 15) is 9.59 Å². The Bertz CT molecular complexity index is 671. The summed E-state index contributed by atoms with van der Waals surface area (Å²) in [6.07, 6.45) is 0.243.